The first kappa shape index (κ1) is 11.0. The van der Waals surface area contributed by atoms with Crippen molar-refractivity contribution in [3.8, 4) is 17.1 Å². The summed E-state index contributed by atoms with van der Waals surface area (Å²) < 4.78 is 7.79. The zero-order chi connectivity index (χ0) is 13.4. The van der Waals surface area contributed by atoms with Crippen LogP contribution >= 0.6 is 0 Å². The van der Waals surface area contributed by atoms with E-state index in [9.17, 15) is 0 Å². The summed E-state index contributed by atoms with van der Waals surface area (Å²) in [4.78, 5) is 8.61. The average Bonchev–Trinajstić information content (AvgIpc) is 3.16. The highest BCUT2D eigenvalue weighted by Crippen LogP contribution is 2.24. The molecule has 3 aromatic heterocycles. The quantitative estimate of drug-likeness (QED) is 0.553. The van der Waals surface area contributed by atoms with Gasteiger partial charge in [0.25, 0.3) is 0 Å². The molecular formula is C16H11N3O. The first-order valence-electron chi connectivity index (χ1n) is 6.35. The Kier molecular flexibility index (Phi) is 2.39. The molecule has 0 atom stereocenters. The van der Waals surface area contributed by atoms with E-state index < -0.39 is 0 Å². The second kappa shape index (κ2) is 4.35. The monoisotopic (exact) mass is 261 g/mol. The summed E-state index contributed by atoms with van der Waals surface area (Å²) in [5, 5.41) is 0. The molecule has 4 nitrogen and oxygen atoms in total. The highest BCUT2D eigenvalue weighted by atomic mass is 16.3. The standard InChI is InChI=1S/C16H11N3O/c1-2-10-19(9-1)13-6-3-5-12(11-13)16-18-15-14(20-16)7-4-8-17-15/h1-11H. The van der Waals surface area contributed by atoms with Crippen molar-refractivity contribution in [1.29, 1.82) is 0 Å². The Bertz CT molecular complexity index is 829. The third-order valence-electron chi connectivity index (χ3n) is 3.16. The Labute approximate surface area is 115 Å². The van der Waals surface area contributed by atoms with Crippen molar-refractivity contribution in [3.63, 3.8) is 0 Å². The summed E-state index contributed by atoms with van der Waals surface area (Å²) >= 11 is 0. The van der Waals surface area contributed by atoms with Crippen molar-refractivity contribution >= 4 is 11.2 Å². The van der Waals surface area contributed by atoms with Crippen molar-refractivity contribution in [2.75, 3.05) is 0 Å². The van der Waals surface area contributed by atoms with Crippen LogP contribution in [0.2, 0.25) is 0 Å². The van der Waals surface area contributed by atoms with Crippen molar-refractivity contribution in [2.45, 2.75) is 0 Å². The number of fused-ring (bicyclic) bond motifs is 1. The molecule has 0 aliphatic carbocycles. The fourth-order valence-corrected chi connectivity index (χ4v) is 2.20. The molecule has 20 heavy (non-hydrogen) atoms. The van der Waals surface area contributed by atoms with Crippen LogP contribution in [-0.4, -0.2) is 14.5 Å². The smallest absolute Gasteiger partial charge is 0.228 e. The number of rotatable bonds is 2. The van der Waals surface area contributed by atoms with E-state index in [-0.39, 0.29) is 0 Å². The summed E-state index contributed by atoms with van der Waals surface area (Å²) in [5.74, 6) is 0.590. The van der Waals surface area contributed by atoms with Gasteiger partial charge in [0, 0.05) is 29.8 Å². The molecule has 0 aliphatic heterocycles. The lowest BCUT2D eigenvalue weighted by molar-refractivity contribution is 0.619. The highest BCUT2D eigenvalue weighted by Gasteiger charge is 2.09. The van der Waals surface area contributed by atoms with Gasteiger partial charge in [0.2, 0.25) is 5.89 Å². The van der Waals surface area contributed by atoms with E-state index in [0.29, 0.717) is 17.1 Å². The van der Waals surface area contributed by atoms with Crippen LogP contribution in [0, 0.1) is 0 Å². The van der Waals surface area contributed by atoms with Crippen LogP contribution in [0.25, 0.3) is 28.4 Å². The van der Waals surface area contributed by atoms with Crippen LogP contribution in [0.5, 0.6) is 0 Å². The van der Waals surface area contributed by atoms with E-state index in [1.807, 2.05) is 65.5 Å². The van der Waals surface area contributed by atoms with Crippen LogP contribution in [0.1, 0.15) is 0 Å². The average molecular weight is 261 g/mol. The van der Waals surface area contributed by atoms with Crippen molar-refractivity contribution in [1.82, 2.24) is 14.5 Å². The topological polar surface area (TPSA) is 43.9 Å². The summed E-state index contributed by atoms with van der Waals surface area (Å²) in [6.45, 7) is 0. The molecule has 0 bridgehead atoms. The minimum Gasteiger partial charge on any atom is -0.434 e. The van der Waals surface area contributed by atoms with Crippen LogP contribution < -0.4 is 0 Å². The van der Waals surface area contributed by atoms with Crippen LogP contribution in [0.15, 0.2) is 71.5 Å². The number of hydrogen-bond acceptors (Lipinski definition) is 3. The van der Waals surface area contributed by atoms with Crippen molar-refractivity contribution in [2.24, 2.45) is 0 Å². The van der Waals surface area contributed by atoms with Gasteiger partial charge in [-0.2, -0.15) is 4.98 Å². The van der Waals surface area contributed by atoms with Gasteiger partial charge >= 0.3 is 0 Å². The largest absolute Gasteiger partial charge is 0.434 e. The summed E-state index contributed by atoms with van der Waals surface area (Å²) in [5.41, 5.74) is 3.35. The predicted octanol–water partition coefficient (Wildman–Crippen LogP) is 3.68. The molecule has 3 heterocycles. The third-order valence-corrected chi connectivity index (χ3v) is 3.16. The fourth-order valence-electron chi connectivity index (χ4n) is 2.20. The van der Waals surface area contributed by atoms with Gasteiger partial charge in [-0.25, -0.2) is 4.98 Å². The number of benzene rings is 1. The molecule has 0 amide bonds. The van der Waals surface area contributed by atoms with Gasteiger partial charge in [-0.3, -0.25) is 0 Å². The first-order chi connectivity index (χ1) is 9.90. The van der Waals surface area contributed by atoms with Crippen LogP contribution in [-0.2, 0) is 0 Å². The Morgan fingerprint density at radius 1 is 0.950 bits per heavy atom. The van der Waals surface area contributed by atoms with Crippen LogP contribution in [0.3, 0.4) is 0 Å². The van der Waals surface area contributed by atoms with Gasteiger partial charge in [0.15, 0.2) is 11.2 Å². The third kappa shape index (κ3) is 1.78. The maximum Gasteiger partial charge on any atom is 0.228 e. The highest BCUT2D eigenvalue weighted by molar-refractivity contribution is 5.72. The van der Waals surface area contributed by atoms with Gasteiger partial charge in [-0.1, -0.05) is 6.07 Å². The maximum atomic E-state index is 5.74. The van der Waals surface area contributed by atoms with Crippen LogP contribution in [0.4, 0.5) is 0 Å². The van der Waals surface area contributed by atoms with E-state index in [1.54, 1.807) is 6.20 Å². The van der Waals surface area contributed by atoms with E-state index in [1.165, 1.54) is 0 Å². The summed E-state index contributed by atoms with van der Waals surface area (Å²) in [6.07, 6.45) is 5.73. The van der Waals surface area contributed by atoms with Gasteiger partial charge in [0.1, 0.15) is 0 Å². The molecule has 4 rings (SSSR count). The number of pyridine rings is 1. The second-order valence-electron chi connectivity index (χ2n) is 4.48. The normalized spacial score (nSPS) is 11.0. The molecule has 0 fully saturated rings. The minimum atomic E-state index is 0.590. The van der Waals surface area contributed by atoms with E-state index in [4.69, 9.17) is 4.42 Å². The zero-order valence-electron chi connectivity index (χ0n) is 10.6. The zero-order valence-corrected chi connectivity index (χ0v) is 10.6. The Morgan fingerprint density at radius 2 is 1.85 bits per heavy atom. The second-order valence-corrected chi connectivity index (χ2v) is 4.48. The van der Waals surface area contributed by atoms with E-state index >= 15 is 0 Å². The van der Waals surface area contributed by atoms with Gasteiger partial charge in [-0.15, -0.1) is 0 Å². The van der Waals surface area contributed by atoms with E-state index in [0.717, 1.165) is 11.3 Å². The van der Waals surface area contributed by atoms with Gasteiger partial charge < -0.3 is 8.98 Å². The Morgan fingerprint density at radius 3 is 2.70 bits per heavy atom. The Hall–Kier alpha value is -2.88. The number of nitrogens with zero attached hydrogens (tertiary/aromatic N) is 3. The molecule has 0 spiro atoms. The summed E-state index contributed by atoms with van der Waals surface area (Å²) in [7, 11) is 0. The molecular weight excluding hydrogens is 250 g/mol. The number of aromatic nitrogens is 3. The fraction of sp³-hybridized carbons (Fsp3) is 0. The van der Waals surface area contributed by atoms with Gasteiger partial charge in [-0.05, 0) is 42.5 Å². The van der Waals surface area contributed by atoms with E-state index in [2.05, 4.69) is 9.97 Å². The van der Waals surface area contributed by atoms with Crippen molar-refractivity contribution < 1.29 is 4.42 Å². The molecule has 0 unspecified atom stereocenters. The molecule has 96 valence electrons. The Balaban J connectivity index is 1.84. The molecule has 0 radical (unpaired) electrons. The molecule has 0 saturated heterocycles. The van der Waals surface area contributed by atoms with Gasteiger partial charge in [0.05, 0.1) is 0 Å². The number of oxazole rings is 1. The predicted molar refractivity (Wildman–Crippen MR) is 76.6 cm³/mol. The summed E-state index contributed by atoms with van der Waals surface area (Å²) in [6, 6.07) is 15.8. The first-order valence-corrected chi connectivity index (χ1v) is 6.35. The number of hydrogen-bond donors (Lipinski definition) is 0. The molecule has 0 N–H and O–H groups in total. The lowest BCUT2D eigenvalue weighted by Gasteiger charge is -2.03. The molecule has 0 aliphatic rings. The maximum absolute atomic E-state index is 5.74. The SMILES string of the molecule is c1cc(-c2nc3ncccc3o2)cc(-n2cccc2)c1. The lowest BCUT2D eigenvalue weighted by Crippen LogP contribution is -1.89. The molecule has 4 aromatic rings. The minimum absolute atomic E-state index is 0.590. The molecule has 4 heteroatoms. The molecule has 0 saturated carbocycles. The lowest BCUT2D eigenvalue weighted by atomic mass is 10.2. The molecule has 1 aromatic carbocycles. The van der Waals surface area contributed by atoms with Crippen molar-refractivity contribution in [3.05, 3.63) is 67.1 Å².